The predicted molar refractivity (Wildman–Crippen MR) is 97.2 cm³/mol. The van der Waals surface area contributed by atoms with Gasteiger partial charge in [0.1, 0.15) is 4.88 Å². The monoisotopic (exact) mass is 408 g/mol. The van der Waals surface area contributed by atoms with E-state index in [-0.39, 0.29) is 5.78 Å². The topological polar surface area (TPSA) is 54.4 Å². The summed E-state index contributed by atoms with van der Waals surface area (Å²) in [5.74, 6) is -0.745. The molecule has 0 radical (unpaired) electrons. The minimum absolute atomic E-state index is 0.112. The Hall–Kier alpha value is -1.24. The smallest absolute Gasteiger partial charge is 0.345 e. The van der Waals surface area contributed by atoms with Crippen molar-refractivity contribution < 1.29 is 14.7 Å². The van der Waals surface area contributed by atoms with E-state index in [0.717, 1.165) is 41.0 Å². The van der Waals surface area contributed by atoms with E-state index in [2.05, 4.69) is 15.9 Å². The number of halogens is 1. The van der Waals surface area contributed by atoms with Gasteiger partial charge >= 0.3 is 5.97 Å². The minimum Gasteiger partial charge on any atom is -0.477 e. The minimum atomic E-state index is -0.857. The summed E-state index contributed by atoms with van der Waals surface area (Å²) in [5.41, 5.74) is 4.94. The molecule has 0 fully saturated rings. The van der Waals surface area contributed by atoms with Crippen LogP contribution in [-0.4, -0.2) is 22.2 Å². The number of carbonyl (C=O) groups is 2. The molecular formula is C17H13BrO3S2. The molecule has 2 aromatic rings. The zero-order chi connectivity index (χ0) is 16.1. The van der Waals surface area contributed by atoms with Crippen molar-refractivity contribution in [3.8, 4) is 0 Å². The number of hydrogen-bond acceptors (Lipinski definition) is 4. The fraction of sp³-hybridized carbons (Fsp3) is 0.294. The molecule has 1 N–H and O–H groups in total. The van der Waals surface area contributed by atoms with E-state index in [1.54, 1.807) is 11.3 Å². The van der Waals surface area contributed by atoms with Gasteiger partial charge in [-0.05, 0) is 53.7 Å². The van der Waals surface area contributed by atoms with Crippen LogP contribution in [0.15, 0.2) is 12.1 Å². The standard InChI is InChI=1S/C17H13BrO3S2/c18-7-12(19)15-4-10-8-2-1-3-9(8)11-5-16(17(20)21)23-14(11)6-13(10)22-15/h4-5H,1-3,6-7H2,(H,20,21). The second-order valence-electron chi connectivity index (χ2n) is 5.74. The lowest BCUT2D eigenvalue weighted by atomic mass is 10.0. The first-order valence-electron chi connectivity index (χ1n) is 7.39. The van der Waals surface area contributed by atoms with Gasteiger partial charge in [0.25, 0.3) is 0 Å². The number of Topliss-reactive ketones (excluding diaryl/α,β-unsaturated/α-hetero) is 1. The molecule has 6 heteroatoms. The molecule has 0 unspecified atom stereocenters. The van der Waals surface area contributed by atoms with Crippen molar-refractivity contribution in [1.29, 1.82) is 0 Å². The van der Waals surface area contributed by atoms with Crippen molar-refractivity contribution in [2.24, 2.45) is 0 Å². The molecule has 2 aromatic heterocycles. The van der Waals surface area contributed by atoms with Crippen LogP contribution < -0.4 is 0 Å². The Kier molecular flexibility index (Phi) is 3.78. The number of carboxylic acids is 1. The quantitative estimate of drug-likeness (QED) is 0.568. The molecule has 0 aromatic carbocycles. The molecule has 2 aliphatic rings. The van der Waals surface area contributed by atoms with Gasteiger partial charge in [0.05, 0.1) is 10.2 Å². The van der Waals surface area contributed by atoms with Crippen molar-refractivity contribution in [2.45, 2.75) is 25.7 Å². The largest absolute Gasteiger partial charge is 0.477 e. The number of aromatic carboxylic acids is 1. The van der Waals surface area contributed by atoms with Crippen molar-refractivity contribution >= 4 is 61.5 Å². The van der Waals surface area contributed by atoms with Crippen molar-refractivity contribution in [3.63, 3.8) is 0 Å². The highest BCUT2D eigenvalue weighted by molar-refractivity contribution is 9.09. The first-order chi connectivity index (χ1) is 11.1. The molecule has 2 heterocycles. The van der Waals surface area contributed by atoms with Crippen LogP contribution in [0.5, 0.6) is 0 Å². The Labute approximate surface area is 149 Å². The number of carbonyl (C=O) groups excluding carboxylic acids is 1. The second kappa shape index (κ2) is 5.69. The third-order valence-corrected chi connectivity index (χ3v) is 7.22. The van der Waals surface area contributed by atoms with Crippen LogP contribution >= 0.6 is 38.6 Å². The van der Waals surface area contributed by atoms with E-state index < -0.39 is 5.97 Å². The summed E-state index contributed by atoms with van der Waals surface area (Å²) in [6.07, 6.45) is 3.84. The van der Waals surface area contributed by atoms with E-state index in [4.69, 9.17) is 0 Å². The van der Waals surface area contributed by atoms with Crippen LogP contribution in [0.25, 0.3) is 11.1 Å². The number of rotatable bonds is 3. The van der Waals surface area contributed by atoms with Gasteiger partial charge in [-0.25, -0.2) is 4.79 Å². The van der Waals surface area contributed by atoms with Crippen molar-refractivity contribution in [1.82, 2.24) is 0 Å². The molecule has 3 nitrogen and oxygen atoms in total. The van der Waals surface area contributed by atoms with Crippen LogP contribution in [0, 0.1) is 0 Å². The zero-order valence-electron chi connectivity index (χ0n) is 12.1. The summed E-state index contributed by atoms with van der Waals surface area (Å²) in [6.45, 7) is 0. The fourth-order valence-electron chi connectivity index (χ4n) is 3.42. The lowest BCUT2D eigenvalue weighted by Gasteiger charge is -2.03. The van der Waals surface area contributed by atoms with Gasteiger partial charge in [-0.2, -0.15) is 0 Å². The number of thiophene rings is 2. The van der Waals surface area contributed by atoms with Gasteiger partial charge in [0.15, 0.2) is 5.78 Å². The Bertz CT molecular complexity index is 873. The van der Waals surface area contributed by atoms with Crippen LogP contribution in [0.1, 0.15) is 59.5 Å². The SMILES string of the molecule is O=C(O)c1cc2c(s1)Cc1sc(C(=O)CBr)cc1C1=C2CCC1. The summed E-state index contributed by atoms with van der Waals surface area (Å²) in [4.78, 5) is 26.9. The average Bonchev–Trinajstić information content (AvgIpc) is 3.22. The van der Waals surface area contributed by atoms with E-state index in [0.29, 0.717) is 10.2 Å². The highest BCUT2D eigenvalue weighted by Crippen LogP contribution is 2.48. The van der Waals surface area contributed by atoms with Gasteiger partial charge in [0.2, 0.25) is 0 Å². The highest BCUT2D eigenvalue weighted by atomic mass is 79.9. The lowest BCUT2D eigenvalue weighted by Crippen LogP contribution is -1.95. The van der Waals surface area contributed by atoms with Gasteiger partial charge in [-0.15, -0.1) is 22.7 Å². The van der Waals surface area contributed by atoms with E-state index >= 15 is 0 Å². The fourth-order valence-corrected chi connectivity index (χ4v) is 6.18. The number of fused-ring (bicyclic) bond motifs is 4. The number of ketones is 1. The van der Waals surface area contributed by atoms with Crippen LogP contribution in [0.4, 0.5) is 0 Å². The average molecular weight is 409 g/mol. The third-order valence-electron chi connectivity index (χ3n) is 4.41. The maximum Gasteiger partial charge on any atom is 0.345 e. The second-order valence-corrected chi connectivity index (χ2v) is 8.58. The van der Waals surface area contributed by atoms with Crippen LogP contribution in [0.3, 0.4) is 0 Å². The molecule has 0 amide bonds. The molecule has 4 rings (SSSR count). The highest BCUT2D eigenvalue weighted by Gasteiger charge is 2.29. The molecule has 0 bridgehead atoms. The Morgan fingerprint density at radius 2 is 1.61 bits per heavy atom. The summed E-state index contributed by atoms with van der Waals surface area (Å²) < 4.78 is 0. The van der Waals surface area contributed by atoms with Crippen LogP contribution in [0.2, 0.25) is 0 Å². The third kappa shape index (κ3) is 2.44. The molecule has 23 heavy (non-hydrogen) atoms. The number of hydrogen-bond donors (Lipinski definition) is 1. The van der Waals surface area contributed by atoms with E-state index in [1.165, 1.54) is 32.9 Å². The Morgan fingerprint density at radius 3 is 2.17 bits per heavy atom. The van der Waals surface area contributed by atoms with Gasteiger partial charge in [0, 0.05) is 16.2 Å². The van der Waals surface area contributed by atoms with Crippen molar-refractivity contribution in [2.75, 3.05) is 5.33 Å². The maximum atomic E-state index is 12.0. The van der Waals surface area contributed by atoms with E-state index in [9.17, 15) is 14.7 Å². The summed E-state index contributed by atoms with van der Waals surface area (Å²) in [6, 6.07) is 3.88. The molecule has 0 atom stereocenters. The van der Waals surface area contributed by atoms with E-state index in [1.807, 2.05) is 12.1 Å². The first kappa shape index (κ1) is 15.3. The Balaban J connectivity index is 1.90. The molecule has 0 saturated heterocycles. The number of allylic oxidation sites excluding steroid dienone is 2. The molecular weight excluding hydrogens is 396 g/mol. The number of alkyl halides is 1. The summed E-state index contributed by atoms with van der Waals surface area (Å²) in [5, 5.41) is 9.64. The van der Waals surface area contributed by atoms with Gasteiger partial charge in [-0.3, -0.25) is 4.79 Å². The first-order valence-corrected chi connectivity index (χ1v) is 10.1. The van der Waals surface area contributed by atoms with Crippen LogP contribution in [-0.2, 0) is 6.42 Å². The summed E-state index contributed by atoms with van der Waals surface area (Å²) >= 11 is 6.17. The predicted octanol–water partition coefficient (Wildman–Crippen LogP) is 5.08. The molecule has 0 saturated carbocycles. The zero-order valence-corrected chi connectivity index (χ0v) is 15.4. The Morgan fingerprint density at radius 1 is 1.04 bits per heavy atom. The van der Waals surface area contributed by atoms with Gasteiger partial charge < -0.3 is 5.11 Å². The summed E-state index contributed by atoms with van der Waals surface area (Å²) in [7, 11) is 0. The molecule has 0 aliphatic heterocycles. The van der Waals surface area contributed by atoms with Gasteiger partial charge in [-0.1, -0.05) is 15.9 Å². The lowest BCUT2D eigenvalue weighted by molar-refractivity contribution is 0.0702. The maximum absolute atomic E-state index is 12.0. The normalized spacial score (nSPS) is 15.9. The molecule has 118 valence electrons. The molecule has 0 spiro atoms. The molecule has 2 aliphatic carbocycles. The number of carboxylic acid groups (broad SMARTS) is 1. The van der Waals surface area contributed by atoms with Crippen molar-refractivity contribution in [3.05, 3.63) is 42.8 Å².